The Hall–Kier alpha value is -1.89. The number of ether oxygens (including phenoxy) is 1. The maximum Gasteiger partial charge on any atom is 0.341 e. The number of carbonyl (C=O) groups is 3. The fourth-order valence-electron chi connectivity index (χ4n) is 2.33. The van der Waals surface area contributed by atoms with Crippen molar-refractivity contribution in [3.8, 4) is 0 Å². The second-order valence-corrected chi connectivity index (χ2v) is 6.70. The van der Waals surface area contributed by atoms with Gasteiger partial charge in [0.15, 0.2) is 0 Å². The maximum absolute atomic E-state index is 12.4. The van der Waals surface area contributed by atoms with Crippen molar-refractivity contribution in [2.45, 2.75) is 40.5 Å². The van der Waals surface area contributed by atoms with Crippen molar-refractivity contribution in [1.29, 1.82) is 0 Å². The number of anilines is 1. The van der Waals surface area contributed by atoms with Crippen LogP contribution in [0.3, 0.4) is 0 Å². The number of carbonyl (C=O) groups excluding carboxylic acids is 3. The van der Waals surface area contributed by atoms with E-state index in [9.17, 15) is 14.4 Å². The van der Waals surface area contributed by atoms with Crippen LogP contribution < -0.4 is 5.32 Å². The van der Waals surface area contributed by atoms with Gasteiger partial charge in [0, 0.05) is 20.0 Å². The average Bonchev–Trinajstić information content (AvgIpc) is 2.84. The molecule has 2 amide bonds. The molecule has 1 aromatic heterocycles. The molecule has 0 bridgehead atoms. The lowest BCUT2D eigenvalue weighted by Gasteiger charge is -2.12. The molecule has 0 radical (unpaired) electrons. The van der Waals surface area contributed by atoms with Gasteiger partial charge in [-0.3, -0.25) is 9.59 Å². The molecule has 0 aliphatic heterocycles. The molecule has 1 N–H and O–H groups in total. The van der Waals surface area contributed by atoms with Crippen molar-refractivity contribution < 1.29 is 19.1 Å². The first-order valence-electron chi connectivity index (χ1n) is 8.11. The minimum Gasteiger partial charge on any atom is -0.462 e. The van der Waals surface area contributed by atoms with Gasteiger partial charge in [-0.1, -0.05) is 13.8 Å². The zero-order valence-electron chi connectivity index (χ0n) is 15.2. The zero-order valence-corrected chi connectivity index (χ0v) is 16.0. The van der Waals surface area contributed by atoms with E-state index in [4.69, 9.17) is 4.74 Å². The highest BCUT2D eigenvalue weighted by Gasteiger charge is 2.28. The number of thiophene rings is 1. The molecule has 0 spiro atoms. The number of rotatable bonds is 7. The van der Waals surface area contributed by atoms with Gasteiger partial charge in [-0.15, -0.1) is 11.3 Å². The van der Waals surface area contributed by atoms with E-state index >= 15 is 0 Å². The van der Waals surface area contributed by atoms with E-state index in [0.717, 1.165) is 11.3 Å². The summed E-state index contributed by atoms with van der Waals surface area (Å²) in [5.74, 6) is -0.999. The van der Waals surface area contributed by atoms with E-state index in [1.54, 1.807) is 27.9 Å². The van der Waals surface area contributed by atoms with Crippen LogP contribution in [0.15, 0.2) is 0 Å². The molecule has 0 atom stereocenters. The Morgan fingerprint density at radius 3 is 2.21 bits per heavy atom. The van der Waals surface area contributed by atoms with Gasteiger partial charge in [-0.2, -0.15) is 0 Å². The third kappa shape index (κ3) is 4.35. The molecule has 1 heterocycles. The van der Waals surface area contributed by atoms with Crippen LogP contribution >= 0.6 is 11.3 Å². The van der Waals surface area contributed by atoms with E-state index in [2.05, 4.69) is 5.32 Å². The van der Waals surface area contributed by atoms with Crippen LogP contribution in [-0.2, 0) is 9.53 Å². The Labute approximate surface area is 147 Å². The molecule has 6 nitrogen and oxygen atoms in total. The Morgan fingerprint density at radius 1 is 1.17 bits per heavy atom. The van der Waals surface area contributed by atoms with Crippen LogP contribution in [-0.4, -0.2) is 43.4 Å². The van der Waals surface area contributed by atoms with Crippen molar-refractivity contribution in [3.05, 3.63) is 16.0 Å². The molecule has 0 aliphatic carbocycles. The zero-order chi connectivity index (χ0) is 18.4. The van der Waals surface area contributed by atoms with Crippen molar-refractivity contribution >= 4 is 34.1 Å². The summed E-state index contributed by atoms with van der Waals surface area (Å²) in [6, 6.07) is 0. The van der Waals surface area contributed by atoms with Crippen LogP contribution in [0, 0.1) is 12.8 Å². The Balaban J connectivity index is 3.30. The van der Waals surface area contributed by atoms with Gasteiger partial charge in [0.25, 0.3) is 5.91 Å². The smallest absolute Gasteiger partial charge is 0.341 e. The first kappa shape index (κ1) is 20.2. The van der Waals surface area contributed by atoms with E-state index in [-0.39, 0.29) is 29.9 Å². The third-order valence-electron chi connectivity index (χ3n) is 3.82. The summed E-state index contributed by atoms with van der Waals surface area (Å²) in [6.45, 7) is 7.53. The van der Waals surface area contributed by atoms with Crippen molar-refractivity contribution in [1.82, 2.24) is 4.90 Å². The summed E-state index contributed by atoms with van der Waals surface area (Å²) in [4.78, 5) is 38.9. The first-order valence-corrected chi connectivity index (χ1v) is 8.92. The molecule has 0 aromatic carbocycles. The second-order valence-electron chi connectivity index (χ2n) is 5.68. The molecule has 7 heteroatoms. The summed E-state index contributed by atoms with van der Waals surface area (Å²) in [5.41, 5.74) is 0.809. The highest BCUT2D eigenvalue weighted by Crippen LogP contribution is 2.35. The molecule has 134 valence electrons. The van der Waals surface area contributed by atoms with E-state index < -0.39 is 5.97 Å². The van der Waals surface area contributed by atoms with Crippen LogP contribution in [0.4, 0.5) is 5.00 Å². The van der Waals surface area contributed by atoms with Crippen molar-refractivity contribution in [3.63, 3.8) is 0 Å². The van der Waals surface area contributed by atoms with Gasteiger partial charge in [0.05, 0.1) is 17.0 Å². The van der Waals surface area contributed by atoms with Crippen LogP contribution in [0.1, 0.15) is 59.2 Å². The molecule has 0 aliphatic rings. The molecule has 24 heavy (non-hydrogen) atoms. The molecule has 0 unspecified atom stereocenters. The molecular weight excluding hydrogens is 328 g/mol. The van der Waals surface area contributed by atoms with Gasteiger partial charge in [0.2, 0.25) is 5.91 Å². The fraction of sp³-hybridized carbons (Fsp3) is 0.588. The lowest BCUT2D eigenvalue weighted by molar-refractivity contribution is -0.120. The number of nitrogens with one attached hydrogen (secondary N) is 1. The summed E-state index contributed by atoms with van der Waals surface area (Å²) in [6.07, 6.45) is 1.43. The number of hydrogen-bond donors (Lipinski definition) is 1. The van der Waals surface area contributed by atoms with Gasteiger partial charge in [-0.05, 0) is 32.3 Å². The van der Waals surface area contributed by atoms with Crippen molar-refractivity contribution in [2.24, 2.45) is 5.92 Å². The first-order chi connectivity index (χ1) is 11.3. The van der Waals surface area contributed by atoms with E-state index in [1.165, 1.54) is 4.90 Å². The Bertz CT molecular complexity index is 618. The highest BCUT2D eigenvalue weighted by atomic mass is 32.1. The highest BCUT2D eigenvalue weighted by molar-refractivity contribution is 7.18. The number of esters is 1. The summed E-state index contributed by atoms with van der Waals surface area (Å²) < 4.78 is 5.09. The number of hydrogen-bond acceptors (Lipinski definition) is 5. The van der Waals surface area contributed by atoms with Gasteiger partial charge < -0.3 is 15.0 Å². The fourth-order valence-corrected chi connectivity index (χ4v) is 3.55. The lowest BCUT2D eigenvalue weighted by Crippen LogP contribution is -2.22. The van der Waals surface area contributed by atoms with Crippen LogP contribution in [0.2, 0.25) is 0 Å². The predicted molar refractivity (Wildman–Crippen MR) is 95.7 cm³/mol. The van der Waals surface area contributed by atoms with E-state index in [0.29, 0.717) is 28.3 Å². The minimum atomic E-state index is -0.524. The molecule has 1 aromatic rings. The lowest BCUT2D eigenvalue weighted by atomic mass is 10.0. The van der Waals surface area contributed by atoms with Crippen LogP contribution in [0.25, 0.3) is 0 Å². The quantitative estimate of drug-likeness (QED) is 0.762. The molecule has 0 fully saturated rings. The average molecular weight is 354 g/mol. The molecule has 0 saturated carbocycles. The topological polar surface area (TPSA) is 75.7 Å². The van der Waals surface area contributed by atoms with Gasteiger partial charge >= 0.3 is 5.97 Å². The Morgan fingerprint density at radius 2 is 1.75 bits per heavy atom. The predicted octanol–water partition coefficient (Wildman–Crippen LogP) is 3.31. The van der Waals surface area contributed by atoms with Crippen LogP contribution in [0.5, 0.6) is 0 Å². The number of nitrogens with zero attached hydrogens (tertiary/aromatic N) is 1. The van der Waals surface area contributed by atoms with E-state index in [1.807, 2.05) is 13.8 Å². The summed E-state index contributed by atoms with van der Waals surface area (Å²) in [7, 11) is 3.29. The third-order valence-corrected chi connectivity index (χ3v) is 5.02. The summed E-state index contributed by atoms with van der Waals surface area (Å²) >= 11 is 1.12. The van der Waals surface area contributed by atoms with Gasteiger partial charge in [0.1, 0.15) is 5.00 Å². The Kier molecular flexibility index (Phi) is 7.41. The SMILES string of the molecule is CCOC(=O)c1c(NC(=O)C(CC)CC)sc(C(=O)N(C)C)c1C. The second kappa shape index (κ2) is 8.82. The maximum atomic E-state index is 12.4. The normalized spacial score (nSPS) is 10.6. The van der Waals surface area contributed by atoms with Crippen molar-refractivity contribution in [2.75, 3.05) is 26.0 Å². The molecule has 1 rings (SSSR count). The minimum absolute atomic E-state index is 0.129. The summed E-state index contributed by atoms with van der Waals surface area (Å²) in [5, 5.41) is 3.20. The number of amides is 2. The van der Waals surface area contributed by atoms with Gasteiger partial charge in [-0.25, -0.2) is 4.79 Å². The largest absolute Gasteiger partial charge is 0.462 e. The molecular formula is C17H26N2O4S. The molecule has 0 saturated heterocycles. The standard InChI is InChI=1S/C17H26N2O4S/c1-7-11(8-2)14(20)18-15-12(17(22)23-9-3)10(4)13(24-15)16(21)19(5)6/h11H,7-9H2,1-6H3,(H,18,20). The monoisotopic (exact) mass is 354 g/mol.